The van der Waals surface area contributed by atoms with E-state index in [0.29, 0.717) is 11.4 Å². The third kappa shape index (κ3) is 1.26. The molecule has 0 saturated heterocycles. The second-order valence-corrected chi connectivity index (χ2v) is 4.51. The summed E-state index contributed by atoms with van der Waals surface area (Å²) in [5.41, 5.74) is 18.4. The average Bonchev–Trinajstić information content (AvgIpc) is 2.27. The van der Waals surface area contributed by atoms with Crippen molar-refractivity contribution in [1.82, 2.24) is 0 Å². The fraction of sp³-hybridized carbons (Fsp3) is 0.286. The van der Waals surface area contributed by atoms with Crippen molar-refractivity contribution in [2.45, 2.75) is 27.7 Å². The van der Waals surface area contributed by atoms with Crippen LogP contribution >= 0.6 is 0 Å². The maximum absolute atomic E-state index is 6.08. The Labute approximate surface area is 96.3 Å². The van der Waals surface area contributed by atoms with Crippen LogP contribution in [0.5, 0.6) is 0 Å². The van der Waals surface area contributed by atoms with E-state index in [1.54, 1.807) is 0 Å². The molecule has 2 rings (SSSR count). The normalized spacial score (nSPS) is 11.0. The molecule has 16 heavy (non-hydrogen) atoms. The Kier molecular flexibility index (Phi) is 2.30. The Bertz CT molecular complexity index is 583. The van der Waals surface area contributed by atoms with E-state index < -0.39 is 0 Å². The van der Waals surface area contributed by atoms with Crippen LogP contribution in [0.15, 0.2) is 12.1 Å². The van der Waals surface area contributed by atoms with E-state index in [9.17, 15) is 0 Å². The summed E-state index contributed by atoms with van der Waals surface area (Å²) in [7, 11) is 0. The van der Waals surface area contributed by atoms with Gasteiger partial charge in [0.1, 0.15) is 0 Å². The Hall–Kier alpha value is -1.70. The van der Waals surface area contributed by atoms with Gasteiger partial charge in [0.15, 0.2) is 0 Å². The predicted molar refractivity (Wildman–Crippen MR) is 71.7 cm³/mol. The number of rotatable bonds is 0. The first-order valence-corrected chi connectivity index (χ1v) is 5.49. The van der Waals surface area contributed by atoms with E-state index in [4.69, 9.17) is 11.5 Å². The van der Waals surface area contributed by atoms with Gasteiger partial charge >= 0.3 is 0 Å². The zero-order valence-corrected chi connectivity index (χ0v) is 10.3. The van der Waals surface area contributed by atoms with Crippen LogP contribution in [0.25, 0.3) is 10.8 Å². The smallest absolute Gasteiger partial charge is 0.0630 e. The first-order valence-electron chi connectivity index (χ1n) is 5.49. The van der Waals surface area contributed by atoms with Crippen LogP contribution < -0.4 is 11.5 Å². The lowest BCUT2D eigenvalue weighted by molar-refractivity contribution is 1.33. The van der Waals surface area contributed by atoms with E-state index >= 15 is 0 Å². The highest BCUT2D eigenvalue weighted by atomic mass is 14.7. The van der Waals surface area contributed by atoms with Crippen LogP contribution in [0.1, 0.15) is 22.3 Å². The molecule has 0 atom stereocenters. The second kappa shape index (κ2) is 3.41. The molecule has 0 fully saturated rings. The van der Waals surface area contributed by atoms with Crippen LogP contribution in [-0.2, 0) is 0 Å². The fourth-order valence-electron chi connectivity index (χ4n) is 2.26. The number of nitrogen functional groups attached to an aromatic ring is 2. The van der Waals surface area contributed by atoms with Crippen LogP contribution in [-0.4, -0.2) is 0 Å². The fourth-order valence-corrected chi connectivity index (χ4v) is 2.26. The van der Waals surface area contributed by atoms with Crippen molar-refractivity contribution >= 4 is 22.1 Å². The summed E-state index contributed by atoms with van der Waals surface area (Å²) in [5.74, 6) is 0. The third-order valence-corrected chi connectivity index (χ3v) is 3.66. The largest absolute Gasteiger partial charge is 0.397 e. The number of benzene rings is 2. The number of nitrogens with two attached hydrogens (primary N) is 2. The molecular weight excluding hydrogens is 196 g/mol. The van der Waals surface area contributed by atoms with Gasteiger partial charge in [-0.15, -0.1) is 0 Å². The van der Waals surface area contributed by atoms with Crippen molar-refractivity contribution in [3.8, 4) is 0 Å². The zero-order chi connectivity index (χ0) is 12.0. The van der Waals surface area contributed by atoms with Crippen molar-refractivity contribution in [2.75, 3.05) is 11.5 Å². The molecule has 0 spiro atoms. The second-order valence-electron chi connectivity index (χ2n) is 4.51. The molecule has 0 bridgehead atoms. The first kappa shape index (κ1) is 10.8. The molecule has 2 nitrogen and oxygen atoms in total. The van der Waals surface area contributed by atoms with Crippen LogP contribution in [0.4, 0.5) is 11.4 Å². The number of hydrogen-bond donors (Lipinski definition) is 2. The molecule has 0 saturated carbocycles. The molecule has 0 aliphatic heterocycles. The van der Waals surface area contributed by atoms with Gasteiger partial charge in [0, 0.05) is 5.39 Å². The van der Waals surface area contributed by atoms with Gasteiger partial charge in [-0.1, -0.05) is 12.1 Å². The molecule has 0 aliphatic carbocycles. The lowest BCUT2D eigenvalue weighted by Crippen LogP contribution is -2.02. The van der Waals surface area contributed by atoms with Gasteiger partial charge in [-0.25, -0.2) is 0 Å². The molecule has 2 heteroatoms. The molecular formula is C14H18N2. The lowest BCUT2D eigenvalue weighted by Gasteiger charge is -2.16. The molecule has 2 aromatic rings. The van der Waals surface area contributed by atoms with E-state index in [1.165, 1.54) is 22.1 Å². The zero-order valence-electron chi connectivity index (χ0n) is 10.3. The van der Waals surface area contributed by atoms with Gasteiger partial charge in [-0.3, -0.25) is 0 Å². The number of fused-ring (bicyclic) bond motifs is 1. The maximum atomic E-state index is 6.08. The number of aryl methyl sites for hydroxylation is 3. The SMILES string of the molecule is Cc1ccc2c(N)c(N)c(C)c(C)c2c1C. The van der Waals surface area contributed by atoms with E-state index in [-0.39, 0.29) is 0 Å². The summed E-state index contributed by atoms with van der Waals surface area (Å²) in [5, 5.41) is 2.33. The third-order valence-electron chi connectivity index (χ3n) is 3.66. The van der Waals surface area contributed by atoms with Crippen molar-refractivity contribution in [1.29, 1.82) is 0 Å². The highest BCUT2D eigenvalue weighted by molar-refractivity contribution is 6.03. The highest BCUT2D eigenvalue weighted by Gasteiger charge is 2.12. The molecule has 0 radical (unpaired) electrons. The van der Waals surface area contributed by atoms with Gasteiger partial charge in [0.05, 0.1) is 11.4 Å². The lowest BCUT2D eigenvalue weighted by atomic mass is 9.92. The Balaban J connectivity index is 3.09. The topological polar surface area (TPSA) is 52.0 Å². The van der Waals surface area contributed by atoms with Gasteiger partial charge in [0.2, 0.25) is 0 Å². The summed E-state index contributed by atoms with van der Waals surface area (Å²) in [6.07, 6.45) is 0. The molecule has 0 heterocycles. The molecule has 0 amide bonds. The molecule has 0 aromatic heterocycles. The van der Waals surface area contributed by atoms with Crippen LogP contribution in [0.3, 0.4) is 0 Å². The summed E-state index contributed by atoms with van der Waals surface area (Å²) in [6.45, 7) is 8.40. The van der Waals surface area contributed by atoms with Crippen molar-refractivity contribution in [3.63, 3.8) is 0 Å². The summed E-state index contributed by atoms with van der Waals surface area (Å²) in [4.78, 5) is 0. The highest BCUT2D eigenvalue weighted by Crippen LogP contribution is 2.36. The standard InChI is InChI=1S/C14H18N2/c1-7-5-6-11-12(8(7)2)9(3)10(4)13(15)14(11)16/h5-6H,15-16H2,1-4H3. The minimum absolute atomic E-state index is 0.709. The van der Waals surface area contributed by atoms with E-state index in [2.05, 4.69) is 32.9 Å². The molecule has 4 N–H and O–H groups in total. The maximum Gasteiger partial charge on any atom is 0.0630 e. The van der Waals surface area contributed by atoms with Gasteiger partial charge < -0.3 is 11.5 Å². The Morgan fingerprint density at radius 1 is 0.750 bits per heavy atom. The number of anilines is 2. The minimum atomic E-state index is 0.709. The monoisotopic (exact) mass is 214 g/mol. The minimum Gasteiger partial charge on any atom is -0.397 e. The average molecular weight is 214 g/mol. The van der Waals surface area contributed by atoms with Crippen molar-refractivity contribution in [3.05, 3.63) is 34.4 Å². The van der Waals surface area contributed by atoms with Crippen LogP contribution in [0, 0.1) is 27.7 Å². The van der Waals surface area contributed by atoms with Gasteiger partial charge in [-0.2, -0.15) is 0 Å². The molecule has 84 valence electrons. The molecule has 0 unspecified atom stereocenters. The summed E-state index contributed by atoms with van der Waals surface area (Å²) >= 11 is 0. The molecule has 0 aliphatic rings. The predicted octanol–water partition coefficient (Wildman–Crippen LogP) is 3.24. The van der Waals surface area contributed by atoms with Crippen LogP contribution in [0.2, 0.25) is 0 Å². The first-order chi connectivity index (χ1) is 7.45. The Morgan fingerprint density at radius 2 is 1.38 bits per heavy atom. The summed E-state index contributed by atoms with van der Waals surface area (Å²) < 4.78 is 0. The van der Waals surface area contributed by atoms with E-state index in [1.807, 2.05) is 6.92 Å². The van der Waals surface area contributed by atoms with Crippen molar-refractivity contribution in [2.24, 2.45) is 0 Å². The van der Waals surface area contributed by atoms with Crippen molar-refractivity contribution < 1.29 is 0 Å². The number of hydrogen-bond acceptors (Lipinski definition) is 2. The quantitative estimate of drug-likeness (QED) is 0.661. The van der Waals surface area contributed by atoms with Gasteiger partial charge in [-0.05, 0) is 55.3 Å². The Morgan fingerprint density at radius 3 is 2.00 bits per heavy atom. The summed E-state index contributed by atoms with van der Waals surface area (Å²) in [6, 6.07) is 4.16. The van der Waals surface area contributed by atoms with Gasteiger partial charge in [0.25, 0.3) is 0 Å². The molecule has 2 aromatic carbocycles. The van der Waals surface area contributed by atoms with E-state index in [0.717, 1.165) is 10.9 Å².